The topological polar surface area (TPSA) is 77.8 Å². The van der Waals surface area contributed by atoms with Gasteiger partial charge in [-0.15, -0.1) is 0 Å². The zero-order chi connectivity index (χ0) is 20.3. The third kappa shape index (κ3) is 3.58. The third-order valence-corrected chi connectivity index (χ3v) is 5.65. The molecule has 0 amide bonds. The number of hydrogen-bond donors (Lipinski definition) is 2. The van der Waals surface area contributed by atoms with Gasteiger partial charge in [0.05, 0.1) is 5.56 Å². The van der Waals surface area contributed by atoms with Crippen LogP contribution in [0, 0.1) is 29.5 Å². The molecule has 2 aliphatic rings. The molecule has 3 rings (SSSR count). The number of carboxylic acids is 2. The van der Waals surface area contributed by atoms with Crippen LogP contribution >= 0.6 is 0 Å². The summed E-state index contributed by atoms with van der Waals surface area (Å²) in [6.45, 7) is 2.59. The van der Waals surface area contributed by atoms with E-state index in [-0.39, 0.29) is 17.3 Å². The van der Waals surface area contributed by atoms with Crippen LogP contribution in [-0.2, 0) is 9.59 Å². The first-order valence-electron chi connectivity index (χ1n) is 9.23. The highest BCUT2D eigenvalue weighted by molar-refractivity contribution is 5.92. The largest absolute Gasteiger partial charge is 0.480 e. The average Bonchev–Trinajstić information content (AvgIpc) is 2.68. The van der Waals surface area contributed by atoms with E-state index >= 15 is 0 Å². The van der Waals surface area contributed by atoms with Gasteiger partial charge in [0.2, 0.25) is 0 Å². The number of aliphatic carboxylic acids is 2. The van der Waals surface area contributed by atoms with Gasteiger partial charge >= 0.3 is 11.9 Å². The molecular weight excluding hydrogens is 361 g/mol. The second kappa shape index (κ2) is 7.99. The Balaban J connectivity index is 1.75. The number of piperidine rings is 1. The molecule has 2 unspecified atom stereocenters. The zero-order valence-corrected chi connectivity index (χ0v) is 15.6. The molecule has 6 heteroatoms. The summed E-state index contributed by atoms with van der Waals surface area (Å²) in [4.78, 5) is 25.5. The summed E-state index contributed by atoms with van der Waals surface area (Å²) in [5.74, 6) is 2.81. The summed E-state index contributed by atoms with van der Waals surface area (Å²) in [7, 11) is 0. The van der Waals surface area contributed by atoms with E-state index in [0.29, 0.717) is 31.5 Å². The minimum Gasteiger partial charge on any atom is -0.480 e. The summed E-state index contributed by atoms with van der Waals surface area (Å²) >= 11 is 0. The predicted molar refractivity (Wildman–Crippen MR) is 102 cm³/mol. The molecule has 1 aromatic rings. The van der Waals surface area contributed by atoms with Crippen LogP contribution in [0.3, 0.4) is 0 Å². The van der Waals surface area contributed by atoms with Crippen molar-refractivity contribution in [2.24, 2.45) is 11.8 Å². The van der Waals surface area contributed by atoms with Crippen molar-refractivity contribution in [1.82, 2.24) is 4.90 Å². The van der Waals surface area contributed by atoms with Gasteiger partial charge in [-0.3, -0.25) is 4.90 Å². The quantitative estimate of drug-likeness (QED) is 0.785. The number of likely N-dealkylation sites (tertiary alicyclic amines) is 1. The van der Waals surface area contributed by atoms with E-state index in [1.54, 1.807) is 31.2 Å². The minimum atomic E-state index is -1.38. The maximum Gasteiger partial charge on any atom is 0.331 e. The second-order valence-corrected chi connectivity index (χ2v) is 7.15. The van der Waals surface area contributed by atoms with Crippen molar-refractivity contribution < 1.29 is 24.2 Å². The molecule has 1 fully saturated rings. The van der Waals surface area contributed by atoms with E-state index < -0.39 is 23.4 Å². The summed E-state index contributed by atoms with van der Waals surface area (Å²) in [6.07, 6.45) is 5.84. The number of hydrogen-bond acceptors (Lipinski definition) is 3. The van der Waals surface area contributed by atoms with Crippen molar-refractivity contribution in [3.63, 3.8) is 0 Å². The number of rotatable bonds is 3. The number of carbonyl (C=O) groups is 2. The fourth-order valence-electron chi connectivity index (χ4n) is 3.99. The van der Waals surface area contributed by atoms with Gasteiger partial charge in [0, 0.05) is 30.5 Å². The molecule has 2 N–H and O–H groups in total. The molecule has 1 saturated heterocycles. The molecule has 0 spiro atoms. The molecule has 1 heterocycles. The first-order chi connectivity index (χ1) is 13.4. The Labute approximate surface area is 163 Å². The normalized spacial score (nSPS) is 25.5. The van der Waals surface area contributed by atoms with Gasteiger partial charge in [0.1, 0.15) is 11.4 Å². The van der Waals surface area contributed by atoms with Crippen LogP contribution in [0.5, 0.6) is 0 Å². The predicted octanol–water partition coefficient (Wildman–Crippen LogP) is 2.93. The number of halogens is 1. The monoisotopic (exact) mass is 383 g/mol. The minimum absolute atomic E-state index is 0.0408. The number of allylic oxidation sites excluding steroid dienone is 2. The van der Waals surface area contributed by atoms with Gasteiger partial charge in [-0.2, -0.15) is 0 Å². The molecule has 0 saturated carbocycles. The lowest BCUT2D eigenvalue weighted by Crippen LogP contribution is -2.61. The van der Waals surface area contributed by atoms with Gasteiger partial charge < -0.3 is 10.2 Å². The molecule has 0 bridgehead atoms. The van der Waals surface area contributed by atoms with Gasteiger partial charge in [-0.05, 0) is 25.0 Å². The Morgan fingerprint density at radius 1 is 1.21 bits per heavy atom. The lowest BCUT2D eigenvalue weighted by Gasteiger charge is -2.46. The summed E-state index contributed by atoms with van der Waals surface area (Å²) in [6, 6.07) is 6.35. The first kappa shape index (κ1) is 19.8. The lowest BCUT2D eigenvalue weighted by atomic mass is 9.74. The van der Waals surface area contributed by atoms with Crippen LogP contribution in [0.4, 0.5) is 4.39 Å². The Hall–Kier alpha value is -2.91. The lowest BCUT2D eigenvalue weighted by molar-refractivity contribution is -0.152. The molecule has 1 aliphatic carbocycles. The Morgan fingerprint density at radius 3 is 2.50 bits per heavy atom. The molecule has 1 aliphatic heterocycles. The molecule has 0 radical (unpaired) electrons. The maximum atomic E-state index is 13.7. The molecular formula is C22H22FNO4. The van der Waals surface area contributed by atoms with Crippen LogP contribution in [0.25, 0.3) is 0 Å². The van der Waals surface area contributed by atoms with Crippen molar-refractivity contribution >= 4 is 11.9 Å². The van der Waals surface area contributed by atoms with Crippen molar-refractivity contribution in [1.29, 1.82) is 0 Å². The van der Waals surface area contributed by atoms with E-state index in [1.807, 2.05) is 4.90 Å². The first-order valence-corrected chi connectivity index (χ1v) is 9.23. The van der Waals surface area contributed by atoms with Crippen LogP contribution in [0.1, 0.15) is 25.3 Å². The average molecular weight is 383 g/mol. The smallest absolute Gasteiger partial charge is 0.331 e. The van der Waals surface area contributed by atoms with Crippen LogP contribution < -0.4 is 0 Å². The van der Waals surface area contributed by atoms with Crippen LogP contribution in [-0.4, -0.2) is 45.7 Å². The molecule has 0 aromatic heterocycles. The van der Waals surface area contributed by atoms with Gasteiger partial charge in [-0.25, -0.2) is 14.0 Å². The highest BCUT2D eigenvalue weighted by Gasteiger charge is 2.50. The molecule has 1 aromatic carbocycles. The van der Waals surface area contributed by atoms with E-state index in [9.17, 15) is 24.2 Å². The third-order valence-electron chi connectivity index (χ3n) is 5.65. The van der Waals surface area contributed by atoms with E-state index in [2.05, 4.69) is 11.8 Å². The van der Waals surface area contributed by atoms with Crippen molar-refractivity contribution in [2.75, 3.05) is 13.1 Å². The van der Waals surface area contributed by atoms with Gasteiger partial charge in [0.15, 0.2) is 0 Å². The van der Waals surface area contributed by atoms with Crippen molar-refractivity contribution in [3.05, 3.63) is 59.4 Å². The van der Waals surface area contributed by atoms with Gasteiger partial charge in [0.25, 0.3) is 0 Å². The second-order valence-electron chi connectivity index (χ2n) is 7.15. The fraction of sp³-hybridized carbons (Fsp3) is 0.364. The number of nitrogens with zero attached hydrogens (tertiary/aromatic N) is 1. The summed E-state index contributed by atoms with van der Waals surface area (Å²) in [5, 5.41) is 19.4. The van der Waals surface area contributed by atoms with E-state index in [1.165, 1.54) is 18.2 Å². The molecule has 5 nitrogen and oxygen atoms in total. The van der Waals surface area contributed by atoms with E-state index in [0.717, 1.165) is 0 Å². The highest BCUT2D eigenvalue weighted by atomic mass is 19.1. The highest BCUT2D eigenvalue weighted by Crippen LogP contribution is 2.38. The SMILES string of the molecule is CC1C(C(=O)O)=CC=CC1(C(=O)O)N1CCC(C#Cc2ccccc2F)CC1. The standard InChI is InChI=1S/C22H22FNO4/c1-15-18(20(25)26)6-4-12-22(15,21(27)28)24-13-10-16(11-14-24)8-9-17-5-2-3-7-19(17)23/h2-7,12,15-16H,10-11,13-14H2,1H3,(H,25,26)(H,27,28). The summed E-state index contributed by atoms with van der Waals surface area (Å²) < 4.78 is 13.7. The van der Waals surface area contributed by atoms with E-state index in [4.69, 9.17) is 0 Å². The maximum absolute atomic E-state index is 13.7. The molecule has 146 valence electrons. The van der Waals surface area contributed by atoms with Crippen LogP contribution in [0.15, 0.2) is 48.1 Å². The van der Waals surface area contributed by atoms with Crippen molar-refractivity contribution in [3.8, 4) is 11.8 Å². The Bertz CT molecular complexity index is 903. The number of carboxylic acid groups (broad SMARTS) is 2. The zero-order valence-electron chi connectivity index (χ0n) is 15.6. The fourth-order valence-corrected chi connectivity index (χ4v) is 3.99. The van der Waals surface area contributed by atoms with Gasteiger partial charge in [-0.1, -0.05) is 49.1 Å². The Morgan fingerprint density at radius 2 is 1.89 bits per heavy atom. The molecule has 28 heavy (non-hydrogen) atoms. The molecule has 2 atom stereocenters. The van der Waals surface area contributed by atoms with Crippen molar-refractivity contribution in [2.45, 2.75) is 25.3 Å². The summed E-state index contributed by atoms with van der Waals surface area (Å²) in [5.41, 5.74) is -0.940. The number of benzene rings is 1. The Kier molecular flexibility index (Phi) is 5.66. The van der Waals surface area contributed by atoms with Crippen LogP contribution in [0.2, 0.25) is 0 Å².